The van der Waals surface area contributed by atoms with Gasteiger partial charge in [-0.1, -0.05) is 41.6 Å². The van der Waals surface area contributed by atoms with Gasteiger partial charge in [0.2, 0.25) is 5.82 Å². The fourth-order valence-corrected chi connectivity index (χ4v) is 4.24. The summed E-state index contributed by atoms with van der Waals surface area (Å²) in [5, 5.41) is 10.3. The van der Waals surface area contributed by atoms with Crippen LogP contribution in [0.25, 0.3) is 16.3 Å². The Morgan fingerprint density at radius 2 is 2.07 bits per heavy atom. The molecule has 0 bridgehead atoms. The largest absolute Gasteiger partial charge is 0.383 e. The van der Waals surface area contributed by atoms with Crippen molar-refractivity contribution in [2.45, 2.75) is 13.0 Å². The van der Waals surface area contributed by atoms with E-state index in [2.05, 4.69) is 27.6 Å². The van der Waals surface area contributed by atoms with Crippen LogP contribution in [0.15, 0.2) is 58.1 Å². The molecule has 1 aliphatic rings. The molecule has 0 radical (unpaired) electrons. The second-order valence-corrected chi connectivity index (χ2v) is 7.67. The molecule has 28 heavy (non-hydrogen) atoms. The molecule has 6 nitrogen and oxygen atoms in total. The van der Waals surface area contributed by atoms with Crippen molar-refractivity contribution >= 4 is 34.2 Å². The normalized spacial score (nSPS) is 17.1. The van der Waals surface area contributed by atoms with Crippen LogP contribution in [0.4, 0.5) is 0 Å². The summed E-state index contributed by atoms with van der Waals surface area (Å²) >= 11 is 7.21. The molecular formula is C20H20N4O2S2. The molecule has 2 aromatic heterocycles. The molecule has 0 saturated heterocycles. The van der Waals surface area contributed by atoms with Crippen molar-refractivity contribution < 1.29 is 9.26 Å². The highest BCUT2D eigenvalue weighted by Gasteiger charge is 2.33. The third kappa shape index (κ3) is 3.58. The minimum absolute atomic E-state index is 0.163. The molecule has 1 atom stereocenters. The molecule has 1 unspecified atom stereocenters. The molecule has 0 fully saturated rings. The molecule has 0 aliphatic carbocycles. The molecule has 1 N–H and O–H groups in total. The quantitative estimate of drug-likeness (QED) is 0.611. The van der Waals surface area contributed by atoms with Gasteiger partial charge in [-0.3, -0.25) is 0 Å². The van der Waals surface area contributed by atoms with Gasteiger partial charge < -0.3 is 19.5 Å². The maximum atomic E-state index is 5.68. The molecule has 0 saturated carbocycles. The van der Waals surface area contributed by atoms with Gasteiger partial charge in [-0.05, 0) is 36.2 Å². The highest BCUT2D eigenvalue weighted by molar-refractivity contribution is 7.80. The third-order valence-corrected chi connectivity index (χ3v) is 5.85. The average Bonchev–Trinajstić information content (AvgIpc) is 3.40. The van der Waals surface area contributed by atoms with Crippen LogP contribution >= 0.6 is 23.6 Å². The van der Waals surface area contributed by atoms with Crippen LogP contribution in [0.2, 0.25) is 0 Å². The Hall–Kier alpha value is -2.55. The van der Waals surface area contributed by atoms with Crippen LogP contribution in [0, 0.1) is 0 Å². The summed E-state index contributed by atoms with van der Waals surface area (Å²) < 4.78 is 10.9. The number of ether oxygens (including phenoxy) is 1. The van der Waals surface area contributed by atoms with Crippen LogP contribution in [-0.4, -0.2) is 40.4 Å². The summed E-state index contributed by atoms with van der Waals surface area (Å²) in [6.45, 7) is 3.24. The second-order valence-electron chi connectivity index (χ2n) is 6.34. The Labute approximate surface area is 172 Å². The molecule has 0 amide bonds. The fraction of sp³-hybridized carbons (Fsp3) is 0.250. The van der Waals surface area contributed by atoms with Crippen LogP contribution in [0.5, 0.6) is 0 Å². The summed E-state index contributed by atoms with van der Waals surface area (Å²) in [6, 6.07) is 13.9. The zero-order chi connectivity index (χ0) is 19.5. The second kappa shape index (κ2) is 8.22. The molecule has 3 aromatic rings. The highest BCUT2D eigenvalue weighted by Crippen LogP contribution is 2.37. The van der Waals surface area contributed by atoms with E-state index in [9.17, 15) is 0 Å². The first kappa shape index (κ1) is 18.8. The van der Waals surface area contributed by atoms with E-state index in [4.69, 9.17) is 21.5 Å². The lowest BCUT2D eigenvalue weighted by Crippen LogP contribution is -2.47. The lowest BCUT2D eigenvalue weighted by molar-refractivity contribution is 0.183. The van der Waals surface area contributed by atoms with Crippen molar-refractivity contribution in [3.63, 3.8) is 0 Å². The first-order valence-corrected chi connectivity index (χ1v) is 10.2. The Bertz CT molecular complexity index is 983. The molecular weight excluding hydrogens is 392 g/mol. The number of nitrogens with zero attached hydrogens (tertiary/aromatic N) is 3. The lowest BCUT2D eigenvalue weighted by Gasteiger charge is -2.37. The van der Waals surface area contributed by atoms with Crippen molar-refractivity contribution in [2.75, 3.05) is 20.3 Å². The molecule has 0 spiro atoms. The van der Waals surface area contributed by atoms with E-state index in [1.165, 1.54) is 0 Å². The summed E-state index contributed by atoms with van der Waals surface area (Å²) in [5.41, 5.74) is 2.99. The predicted molar refractivity (Wildman–Crippen MR) is 114 cm³/mol. The van der Waals surface area contributed by atoms with Gasteiger partial charge in [0, 0.05) is 19.4 Å². The molecule has 1 aromatic carbocycles. The van der Waals surface area contributed by atoms with Gasteiger partial charge in [-0.25, -0.2) is 0 Å². The van der Waals surface area contributed by atoms with Crippen LogP contribution in [-0.2, 0) is 4.74 Å². The molecule has 8 heteroatoms. The van der Waals surface area contributed by atoms with Crippen molar-refractivity contribution in [1.29, 1.82) is 0 Å². The van der Waals surface area contributed by atoms with Crippen molar-refractivity contribution in [3.8, 4) is 10.7 Å². The van der Waals surface area contributed by atoms with E-state index in [1.807, 2.05) is 47.5 Å². The number of thiocarbonyl (C=S) groups is 1. The van der Waals surface area contributed by atoms with Gasteiger partial charge in [-0.2, -0.15) is 4.98 Å². The van der Waals surface area contributed by atoms with Gasteiger partial charge in [0.05, 0.1) is 23.1 Å². The van der Waals surface area contributed by atoms with Gasteiger partial charge in [-0.15, -0.1) is 11.3 Å². The van der Waals surface area contributed by atoms with Crippen molar-refractivity contribution in [1.82, 2.24) is 20.4 Å². The third-order valence-electron chi connectivity index (χ3n) is 4.65. The number of thiophene rings is 1. The minimum Gasteiger partial charge on any atom is -0.383 e. The lowest BCUT2D eigenvalue weighted by atomic mass is 9.95. The molecule has 144 valence electrons. The van der Waals surface area contributed by atoms with Gasteiger partial charge in [0.15, 0.2) is 5.11 Å². The van der Waals surface area contributed by atoms with Crippen LogP contribution < -0.4 is 5.32 Å². The number of hydrogen-bond acceptors (Lipinski definition) is 6. The Morgan fingerprint density at radius 3 is 2.79 bits per heavy atom. The number of methoxy groups -OCH3 is 1. The monoisotopic (exact) mass is 412 g/mol. The summed E-state index contributed by atoms with van der Waals surface area (Å²) in [5.74, 6) is 1.08. The number of rotatable bonds is 6. The summed E-state index contributed by atoms with van der Waals surface area (Å²) in [4.78, 5) is 7.66. The first-order valence-electron chi connectivity index (χ1n) is 8.89. The summed E-state index contributed by atoms with van der Waals surface area (Å²) in [6.07, 6.45) is 0. The standard InChI is InChI=1S/C20H20N4O2S2/c1-13-16(19-22-18(23-26-19)15-9-6-12-28-15)17(14-7-4-3-5-8-14)21-20(27)24(13)10-11-25-2/h3-9,12,17H,10-11H2,1-2H3,(H,21,27). The van der Waals surface area contributed by atoms with E-state index in [0.717, 1.165) is 21.7 Å². The topological polar surface area (TPSA) is 63.4 Å². The smallest absolute Gasteiger partial charge is 0.258 e. The Kier molecular flexibility index (Phi) is 5.52. The number of nitrogens with one attached hydrogen (secondary N) is 1. The highest BCUT2D eigenvalue weighted by atomic mass is 32.1. The van der Waals surface area contributed by atoms with E-state index in [1.54, 1.807) is 18.4 Å². The fourth-order valence-electron chi connectivity index (χ4n) is 3.24. The molecule has 3 heterocycles. The summed E-state index contributed by atoms with van der Waals surface area (Å²) in [7, 11) is 1.68. The zero-order valence-electron chi connectivity index (χ0n) is 15.6. The Balaban J connectivity index is 1.79. The van der Waals surface area contributed by atoms with Crippen LogP contribution in [0.1, 0.15) is 24.4 Å². The number of hydrogen-bond donors (Lipinski definition) is 1. The average molecular weight is 413 g/mol. The van der Waals surface area contributed by atoms with Gasteiger partial charge >= 0.3 is 0 Å². The zero-order valence-corrected chi connectivity index (χ0v) is 17.2. The van der Waals surface area contributed by atoms with E-state index in [0.29, 0.717) is 30.0 Å². The maximum absolute atomic E-state index is 5.68. The van der Waals surface area contributed by atoms with Gasteiger partial charge in [0.1, 0.15) is 0 Å². The number of aromatic nitrogens is 2. The number of allylic oxidation sites excluding steroid dienone is 1. The molecule has 1 aliphatic heterocycles. The first-order chi connectivity index (χ1) is 13.7. The maximum Gasteiger partial charge on any atom is 0.258 e. The van der Waals surface area contributed by atoms with Gasteiger partial charge in [0.25, 0.3) is 5.89 Å². The SMILES string of the molecule is COCCN1C(=S)NC(c2ccccc2)C(c2nc(-c3cccs3)no2)=C1C. The van der Waals surface area contributed by atoms with E-state index < -0.39 is 0 Å². The predicted octanol–water partition coefficient (Wildman–Crippen LogP) is 4.11. The van der Waals surface area contributed by atoms with E-state index in [-0.39, 0.29) is 6.04 Å². The minimum atomic E-state index is -0.163. The van der Waals surface area contributed by atoms with Crippen molar-refractivity contribution in [3.05, 3.63) is 65.0 Å². The van der Waals surface area contributed by atoms with E-state index >= 15 is 0 Å². The molecule has 4 rings (SSSR count). The van der Waals surface area contributed by atoms with Crippen LogP contribution in [0.3, 0.4) is 0 Å². The Morgan fingerprint density at radius 1 is 1.25 bits per heavy atom. The van der Waals surface area contributed by atoms with Crippen molar-refractivity contribution in [2.24, 2.45) is 0 Å². The number of benzene rings is 1.